The van der Waals surface area contributed by atoms with Crippen LogP contribution in [0.4, 0.5) is 0 Å². The molecular weight excluding hydrogens is 316 g/mol. The van der Waals surface area contributed by atoms with E-state index in [0.29, 0.717) is 10.7 Å². The van der Waals surface area contributed by atoms with Crippen molar-refractivity contribution < 1.29 is 9.90 Å². The smallest absolute Gasteiger partial charge is 0.373 e. The third-order valence-corrected chi connectivity index (χ3v) is 3.70. The predicted octanol–water partition coefficient (Wildman–Crippen LogP) is 2.04. The van der Waals surface area contributed by atoms with Gasteiger partial charge in [-0.1, -0.05) is 23.7 Å². The van der Waals surface area contributed by atoms with Gasteiger partial charge in [-0.25, -0.2) is 14.6 Å². The molecule has 0 bridgehead atoms. The maximum absolute atomic E-state index is 11.7. The molecule has 0 saturated heterocycles. The van der Waals surface area contributed by atoms with E-state index >= 15 is 0 Å². The third kappa shape index (κ3) is 2.58. The van der Waals surface area contributed by atoms with Crippen LogP contribution >= 0.6 is 22.9 Å². The number of halogens is 1. The molecule has 21 heavy (non-hydrogen) atoms. The fourth-order valence-corrected chi connectivity index (χ4v) is 2.57. The topological polar surface area (TPSA) is 101 Å². The second-order valence-corrected chi connectivity index (χ2v) is 5.29. The van der Waals surface area contributed by atoms with E-state index in [4.69, 9.17) is 16.7 Å². The predicted molar refractivity (Wildman–Crippen MR) is 77.3 cm³/mol. The first-order chi connectivity index (χ1) is 10.0. The van der Waals surface area contributed by atoms with Gasteiger partial charge in [-0.3, -0.25) is 4.98 Å². The monoisotopic (exact) mass is 322 g/mol. The lowest BCUT2D eigenvalue weighted by Crippen LogP contribution is -2.15. The molecule has 3 rings (SSSR count). The van der Waals surface area contributed by atoms with Crippen molar-refractivity contribution in [1.82, 2.24) is 19.7 Å². The highest BCUT2D eigenvalue weighted by molar-refractivity contribution is 7.12. The van der Waals surface area contributed by atoms with Crippen molar-refractivity contribution in [3.05, 3.63) is 51.0 Å². The molecule has 2 N–H and O–H groups in total. The Morgan fingerprint density at radius 1 is 1.33 bits per heavy atom. The number of nitrogens with zero attached hydrogens (tertiary/aromatic N) is 3. The summed E-state index contributed by atoms with van der Waals surface area (Å²) in [5.74, 6) is -1.73. The fraction of sp³-hybridized carbons (Fsp3) is 0. The van der Waals surface area contributed by atoms with Gasteiger partial charge >= 0.3 is 11.7 Å². The molecule has 7 nitrogen and oxygen atoms in total. The van der Waals surface area contributed by atoms with Crippen LogP contribution in [0.3, 0.4) is 0 Å². The largest absolute Gasteiger partial charge is 0.475 e. The van der Waals surface area contributed by atoms with Crippen molar-refractivity contribution in [3.63, 3.8) is 0 Å². The van der Waals surface area contributed by atoms with E-state index in [9.17, 15) is 9.59 Å². The van der Waals surface area contributed by atoms with Gasteiger partial charge in [0, 0.05) is 16.0 Å². The maximum atomic E-state index is 11.7. The van der Waals surface area contributed by atoms with Crippen molar-refractivity contribution in [2.75, 3.05) is 0 Å². The molecule has 0 spiro atoms. The summed E-state index contributed by atoms with van der Waals surface area (Å²) in [6.45, 7) is 0. The average Bonchev–Trinajstić information content (AvgIpc) is 3.06. The number of carboxylic acid groups (broad SMARTS) is 1. The molecule has 0 unspecified atom stereocenters. The van der Waals surface area contributed by atoms with Crippen molar-refractivity contribution in [2.24, 2.45) is 0 Å². The van der Waals surface area contributed by atoms with E-state index < -0.39 is 17.5 Å². The van der Waals surface area contributed by atoms with Crippen LogP contribution in [0.2, 0.25) is 5.02 Å². The highest BCUT2D eigenvalue weighted by Gasteiger charge is 2.15. The summed E-state index contributed by atoms with van der Waals surface area (Å²) in [5, 5.41) is 15.1. The molecule has 2 heterocycles. The van der Waals surface area contributed by atoms with Crippen molar-refractivity contribution in [3.8, 4) is 16.4 Å². The molecule has 1 aromatic carbocycles. The number of aromatic carboxylic acids is 1. The van der Waals surface area contributed by atoms with Crippen molar-refractivity contribution in [2.45, 2.75) is 0 Å². The lowest BCUT2D eigenvalue weighted by atomic mass is 10.2. The summed E-state index contributed by atoms with van der Waals surface area (Å²) in [5.41, 5.74) is 0.840. The van der Waals surface area contributed by atoms with Crippen LogP contribution in [-0.2, 0) is 0 Å². The number of nitrogens with one attached hydrogen (secondary N) is 1. The number of rotatable bonds is 3. The Morgan fingerprint density at radius 3 is 2.67 bits per heavy atom. The minimum absolute atomic E-state index is 0.286. The minimum atomic E-state index is -1.31. The summed E-state index contributed by atoms with van der Waals surface area (Å²) in [4.78, 5) is 28.9. The first-order valence-corrected chi connectivity index (χ1v) is 6.95. The van der Waals surface area contributed by atoms with Crippen LogP contribution in [0.25, 0.3) is 16.4 Å². The van der Waals surface area contributed by atoms with Gasteiger partial charge in [0.1, 0.15) is 0 Å². The Bertz CT molecular complexity index is 865. The van der Waals surface area contributed by atoms with Gasteiger partial charge in [0.2, 0.25) is 11.0 Å². The molecule has 106 valence electrons. The van der Waals surface area contributed by atoms with Crippen LogP contribution in [-0.4, -0.2) is 30.8 Å². The zero-order chi connectivity index (χ0) is 15.0. The summed E-state index contributed by atoms with van der Waals surface area (Å²) in [6, 6.07) is 7.08. The lowest BCUT2D eigenvalue weighted by molar-refractivity contribution is 0.0683. The number of carbonyl (C=O) groups is 1. The Balaban J connectivity index is 2.00. The van der Waals surface area contributed by atoms with E-state index in [1.807, 2.05) is 0 Å². The Kier molecular flexibility index (Phi) is 3.32. The molecule has 0 aliphatic rings. The van der Waals surface area contributed by atoms with Gasteiger partial charge in [-0.05, 0) is 12.1 Å². The van der Waals surface area contributed by atoms with Gasteiger partial charge in [-0.2, -0.15) is 4.68 Å². The summed E-state index contributed by atoms with van der Waals surface area (Å²) in [7, 11) is 0. The van der Waals surface area contributed by atoms with Gasteiger partial charge < -0.3 is 5.11 Å². The van der Waals surface area contributed by atoms with Crippen LogP contribution in [0, 0.1) is 0 Å². The Morgan fingerprint density at radius 2 is 2.05 bits per heavy atom. The molecule has 2 aromatic heterocycles. The van der Waals surface area contributed by atoms with Crippen molar-refractivity contribution >= 4 is 28.9 Å². The summed E-state index contributed by atoms with van der Waals surface area (Å²) in [6.07, 6.45) is 0. The Labute approximate surface area is 126 Å². The second kappa shape index (κ2) is 5.15. The number of benzene rings is 1. The van der Waals surface area contributed by atoms with Gasteiger partial charge in [0.15, 0.2) is 0 Å². The third-order valence-electron chi connectivity index (χ3n) is 2.63. The van der Waals surface area contributed by atoms with E-state index in [1.54, 1.807) is 29.6 Å². The van der Waals surface area contributed by atoms with Crippen LogP contribution in [0.15, 0.2) is 34.4 Å². The molecule has 0 fully saturated rings. The molecule has 0 atom stereocenters. The van der Waals surface area contributed by atoms with Gasteiger partial charge in [0.05, 0.1) is 5.69 Å². The number of hydrogen-bond donors (Lipinski definition) is 2. The summed E-state index contributed by atoms with van der Waals surface area (Å²) >= 11 is 7.00. The standard InChI is InChI=1S/C12H7ClN4O3S/c13-7-3-1-6(2-4-7)8-5-21-12(14-8)17-11(20)15-9(16-17)10(18)19/h1-5H,(H,18,19)(H,15,16,20). The highest BCUT2D eigenvalue weighted by atomic mass is 35.5. The second-order valence-electron chi connectivity index (χ2n) is 4.02. The van der Waals surface area contributed by atoms with E-state index in [-0.39, 0.29) is 5.13 Å². The fourth-order valence-electron chi connectivity index (χ4n) is 1.67. The highest BCUT2D eigenvalue weighted by Crippen LogP contribution is 2.24. The molecule has 3 aromatic rings. The molecular formula is C12H7ClN4O3S. The molecule has 9 heteroatoms. The molecule has 0 saturated carbocycles. The minimum Gasteiger partial charge on any atom is -0.475 e. The van der Waals surface area contributed by atoms with Crippen LogP contribution < -0.4 is 5.69 Å². The number of H-pyrrole nitrogens is 1. The normalized spacial score (nSPS) is 10.7. The van der Waals surface area contributed by atoms with Crippen LogP contribution in [0.5, 0.6) is 0 Å². The molecule has 0 aliphatic carbocycles. The SMILES string of the molecule is O=C(O)c1nn(-c2nc(-c3ccc(Cl)cc3)cs2)c(=O)[nH]1. The maximum Gasteiger partial charge on any atom is 0.373 e. The van der Waals surface area contributed by atoms with Crippen molar-refractivity contribution in [1.29, 1.82) is 0 Å². The number of thiazole rings is 1. The van der Waals surface area contributed by atoms with Crippen LogP contribution in [0.1, 0.15) is 10.6 Å². The molecule has 0 radical (unpaired) electrons. The zero-order valence-electron chi connectivity index (χ0n) is 10.3. The van der Waals surface area contributed by atoms with Gasteiger partial charge in [-0.15, -0.1) is 16.4 Å². The molecule has 0 aliphatic heterocycles. The van der Waals surface area contributed by atoms with Gasteiger partial charge in [0.25, 0.3) is 0 Å². The number of aromatic amines is 1. The molecule has 0 amide bonds. The number of carboxylic acids is 1. The summed E-state index contributed by atoms with van der Waals surface area (Å²) < 4.78 is 0.924. The first kappa shape index (κ1) is 13.5. The number of hydrogen-bond acceptors (Lipinski definition) is 5. The van der Waals surface area contributed by atoms with E-state index in [0.717, 1.165) is 10.2 Å². The number of aromatic nitrogens is 4. The quantitative estimate of drug-likeness (QED) is 0.768. The zero-order valence-corrected chi connectivity index (χ0v) is 11.9. The lowest BCUT2D eigenvalue weighted by Gasteiger charge is -1.96. The van der Waals surface area contributed by atoms with E-state index in [1.165, 1.54) is 11.3 Å². The average molecular weight is 323 g/mol. The first-order valence-electron chi connectivity index (χ1n) is 5.69. The van der Waals surface area contributed by atoms with E-state index in [2.05, 4.69) is 15.1 Å². The Hall–Kier alpha value is -2.45.